The van der Waals surface area contributed by atoms with Crippen molar-refractivity contribution in [3.8, 4) is 0 Å². The second kappa shape index (κ2) is 8.02. The van der Waals surface area contributed by atoms with Crippen LogP contribution in [0, 0.1) is 11.6 Å². The van der Waals surface area contributed by atoms with Crippen LogP contribution in [0.1, 0.15) is 39.0 Å². The Morgan fingerprint density at radius 3 is 2.50 bits per heavy atom. The molecule has 1 saturated carbocycles. The molecular formula is C16H22F2N2O3S. The highest BCUT2D eigenvalue weighted by Gasteiger charge is 2.25. The Morgan fingerprint density at radius 1 is 1.25 bits per heavy atom. The van der Waals surface area contributed by atoms with Crippen molar-refractivity contribution in [1.82, 2.24) is 9.62 Å². The number of halogens is 2. The summed E-state index contributed by atoms with van der Waals surface area (Å²) >= 11 is 0. The number of sulfonamides is 1. The zero-order chi connectivity index (χ0) is 17.7. The highest BCUT2D eigenvalue weighted by molar-refractivity contribution is 7.89. The molecule has 5 nitrogen and oxygen atoms in total. The van der Waals surface area contributed by atoms with Gasteiger partial charge in [-0.25, -0.2) is 21.9 Å². The molecule has 0 radical (unpaired) electrons. The lowest BCUT2D eigenvalue weighted by Crippen LogP contribution is -2.40. The van der Waals surface area contributed by atoms with Crippen LogP contribution in [-0.4, -0.2) is 38.4 Å². The van der Waals surface area contributed by atoms with Gasteiger partial charge in [0.1, 0.15) is 0 Å². The number of hydrogen-bond acceptors (Lipinski definition) is 3. The van der Waals surface area contributed by atoms with E-state index in [1.165, 1.54) is 0 Å². The normalized spacial score (nSPS) is 15.6. The van der Waals surface area contributed by atoms with E-state index >= 15 is 0 Å². The molecule has 1 aromatic rings. The summed E-state index contributed by atoms with van der Waals surface area (Å²) in [6, 6.07) is 2.61. The van der Waals surface area contributed by atoms with Crippen molar-refractivity contribution in [2.45, 2.75) is 50.0 Å². The van der Waals surface area contributed by atoms with Gasteiger partial charge in [-0.3, -0.25) is 4.79 Å². The predicted octanol–water partition coefficient (Wildman–Crippen LogP) is 2.42. The Kier molecular flexibility index (Phi) is 6.28. The number of rotatable bonds is 7. The molecule has 1 N–H and O–H groups in total. The summed E-state index contributed by atoms with van der Waals surface area (Å²) in [5.41, 5.74) is 0. The number of carbonyl (C=O) groups is 1. The van der Waals surface area contributed by atoms with Gasteiger partial charge >= 0.3 is 0 Å². The second-order valence-electron chi connectivity index (χ2n) is 5.84. The summed E-state index contributed by atoms with van der Waals surface area (Å²) in [6.07, 6.45) is 4.22. The van der Waals surface area contributed by atoms with E-state index in [0.717, 1.165) is 37.8 Å². The molecule has 0 saturated heterocycles. The summed E-state index contributed by atoms with van der Waals surface area (Å²) in [5.74, 6) is -2.44. The zero-order valence-corrected chi connectivity index (χ0v) is 14.4. The maximum Gasteiger partial charge on any atom is 0.240 e. The van der Waals surface area contributed by atoms with Gasteiger partial charge in [0.15, 0.2) is 11.6 Å². The smallest absolute Gasteiger partial charge is 0.240 e. The summed E-state index contributed by atoms with van der Waals surface area (Å²) in [6.45, 7) is 2.42. The van der Waals surface area contributed by atoms with Crippen LogP contribution < -0.4 is 4.72 Å². The van der Waals surface area contributed by atoms with Crippen LogP contribution in [-0.2, 0) is 14.8 Å². The fourth-order valence-corrected chi connectivity index (χ4v) is 4.06. The zero-order valence-electron chi connectivity index (χ0n) is 13.6. The van der Waals surface area contributed by atoms with Crippen molar-refractivity contribution in [3.63, 3.8) is 0 Å². The lowest BCUT2D eigenvalue weighted by Gasteiger charge is -2.27. The maximum absolute atomic E-state index is 13.2. The quantitative estimate of drug-likeness (QED) is 0.812. The molecule has 1 aromatic carbocycles. The number of nitrogens with zero attached hydrogens (tertiary/aromatic N) is 1. The van der Waals surface area contributed by atoms with Gasteiger partial charge in [0.25, 0.3) is 0 Å². The fourth-order valence-electron chi connectivity index (χ4n) is 3.02. The molecule has 0 bridgehead atoms. The summed E-state index contributed by atoms with van der Waals surface area (Å²) in [7, 11) is -3.97. The van der Waals surface area contributed by atoms with Crippen LogP contribution in [0.2, 0.25) is 0 Å². The molecule has 1 fully saturated rings. The lowest BCUT2D eigenvalue weighted by molar-refractivity contribution is -0.133. The monoisotopic (exact) mass is 360 g/mol. The Morgan fingerprint density at radius 2 is 1.92 bits per heavy atom. The third-order valence-corrected chi connectivity index (χ3v) is 5.72. The average Bonchev–Trinajstić information content (AvgIpc) is 3.04. The average molecular weight is 360 g/mol. The Labute approximate surface area is 141 Å². The van der Waals surface area contributed by atoms with Gasteiger partial charge in [-0.1, -0.05) is 12.8 Å². The predicted molar refractivity (Wildman–Crippen MR) is 85.8 cm³/mol. The number of carbonyl (C=O) groups excluding carboxylic acids is 1. The summed E-state index contributed by atoms with van der Waals surface area (Å²) < 4.78 is 52.4. The van der Waals surface area contributed by atoms with E-state index in [1.807, 2.05) is 6.92 Å². The van der Waals surface area contributed by atoms with E-state index in [0.29, 0.717) is 12.6 Å². The van der Waals surface area contributed by atoms with Gasteiger partial charge < -0.3 is 4.90 Å². The number of nitrogens with one attached hydrogen (secondary N) is 1. The van der Waals surface area contributed by atoms with Crippen LogP contribution in [0.4, 0.5) is 8.78 Å². The fraction of sp³-hybridized carbons (Fsp3) is 0.562. The third kappa shape index (κ3) is 4.51. The number of benzene rings is 1. The largest absolute Gasteiger partial charge is 0.340 e. The van der Waals surface area contributed by atoms with Gasteiger partial charge in [-0.05, 0) is 38.0 Å². The van der Waals surface area contributed by atoms with E-state index in [1.54, 1.807) is 4.90 Å². The van der Waals surface area contributed by atoms with Gasteiger partial charge in [0.05, 0.1) is 4.90 Å². The maximum atomic E-state index is 13.2. The molecule has 1 amide bonds. The highest BCUT2D eigenvalue weighted by atomic mass is 32.2. The van der Waals surface area contributed by atoms with Crippen LogP contribution in [0.5, 0.6) is 0 Å². The molecule has 134 valence electrons. The van der Waals surface area contributed by atoms with Crippen LogP contribution in [0.15, 0.2) is 23.1 Å². The molecule has 0 atom stereocenters. The molecule has 24 heavy (non-hydrogen) atoms. The first-order valence-corrected chi connectivity index (χ1v) is 9.57. The van der Waals surface area contributed by atoms with Crippen molar-refractivity contribution in [1.29, 1.82) is 0 Å². The summed E-state index contributed by atoms with van der Waals surface area (Å²) in [5, 5.41) is 0. The van der Waals surface area contributed by atoms with Crippen LogP contribution >= 0.6 is 0 Å². The van der Waals surface area contributed by atoms with E-state index in [9.17, 15) is 22.0 Å². The molecule has 0 aliphatic heterocycles. The van der Waals surface area contributed by atoms with E-state index in [4.69, 9.17) is 0 Å². The lowest BCUT2D eigenvalue weighted by atomic mass is 10.2. The standard InChI is InChI=1S/C16H22F2N2O3S/c1-2-20(12-5-3-4-6-12)16(21)9-10-19-24(22,23)13-7-8-14(17)15(18)11-13/h7-8,11-12,19H,2-6,9-10H2,1H3. The van der Waals surface area contributed by atoms with E-state index in [2.05, 4.69) is 4.72 Å². The van der Waals surface area contributed by atoms with Crippen molar-refractivity contribution in [3.05, 3.63) is 29.8 Å². The molecule has 0 heterocycles. The van der Waals surface area contributed by atoms with Crippen LogP contribution in [0.25, 0.3) is 0 Å². The van der Waals surface area contributed by atoms with Gasteiger partial charge in [0.2, 0.25) is 15.9 Å². The minimum absolute atomic E-state index is 0.0350. The topological polar surface area (TPSA) is 66.5 Å². The van der Waals surface area contributed by atoms with E-state index < -0.39 is 21.7 Å². The van der Waals surface area contributed by atoms with Crippen LogP contribution in [0.3, 0.4) is 0 Å². The van der Waals surface area contributed by atoms with Gasteiger partial charge in [-0.15, -0.1) is 0 Å². The summed E-state index contributed by atoms with van der Waals surface area (Å²) in [4.78, 5) is 13.7. The van der Waals surface area contributed by atoms with Crippen molar-refractivity contribution in [2.75, 3.05) is 13.1 Å². The highest BCUT2D eigenvalue weighted by Crippen LogP contribution is 2.23. The first-order chi connectivity index (χ1) is 11.3. The van der Waals surface area contributed by atoms with Gasteiger partial charge in [0, 0.05) is 25.6 Å². The molecule has 0 aromatic heterocycles. The molecule has 1 aliphatic rings. The van der Waals surface area contributed by atoms with Crippen molar-refractivity contribution in [2.24, 2.45) is 0 Å². The number of hydrogen-bond donors (Lipinski definition) is 1. The first-order valence-electron chi connectivity index (χ1n) is 8.09. The van der Waals surface area contributed by atoms with E-state index in [-0.39, 0.29) is 29.8 Å². The number of amides is 1. The van der Waals surface area contributed by atoms with Crippen molar-refractivity contribution < 1.29 is 22.0 Å². The first kappa shape index (κ1) is 18.8. The SMILES string of the molecule is CCN(C(=O)CCNS(=O)(=O)c1ccc(F)c(F)c1)C1CCCC1. The Bertz CT molecular complexity index is 689. The second-order valence-corrected chi connectivity index (χ2v) is 7.61. The molecular weight excluding hydrogens is 338 g/mol. The minimum Gasteiger partial charge on any atom is -0.340 e. The van der Waals surface area contributed by atoms with Gasteiger partial charge in [-0.2, -0.15) is 0 Å². The molecule has 0 unspecified atom stereocenters. The molecule has 2 rings (SSSR count). The molecule has 0 spiro atoms. The van der Waals surface area contributed by atoms with Crippen molar-refractivity contribution >= 4 is 15.9 Å². The molecule has 8 heteroatoms. The molecule has 1 aliphatic carbocycles. The third-order valence-electron chi connectivity index (χ3n) is 4.26. The Hall–Kier alpha value is -1.54. The minimum atomic E-state index is -3.97. The Balaban J connectivity index is 1.92.